The molecule has 1 amide bonds. The van der Waals surface area contributed by atoms with Crippen molar-refractivity contribution in [2.75, 3.05) is 7.05 Å². The summed E-state index contributed by atoms with van der Waals surface area (Å²) in [5.74, 6) is -1.11. The first-order chi connectivity index (χ1) is 11.0. The van der Waals surface area contributed by atoms with E-state index in [1.54, 1.807) is 29.4 Å². The van der Waals surface area contributed by atoms with Crippen molar-refractivity contribution >= 4 is 34.6 Å². The molecule has 7 heteroatoms. The Bertz CT molecular complexity index is 750. The number of thiophene rings is 1. The predicted molar refractivity (Wildman–Crippen MR) is 90.5 cm³/mol. The molecule has 0 fully saturated rings. The fourth-order valence-electron chi connectivity index (χ4n) is 2.85. The van der Waals surface area contributed by atoms with Gasteiger partial charge in [0.1, 0.15) is 4.88 Å². The molecule has 0 saturated carbocycles. The van der Waals surface area contributed by atoms with E-state index in [1.165, 1.54) is 10.9 Å². The van der Waals surface area contributed by atoms with Crippen LogP contribution in [0.5, 0.6) is 0 Å². The molecule has 1 N–H and O–H groups in total. The first-order valence-electron chi connectivity index (χ1n) is 7.60. The van der Waals surface area contributed by atoms with Crippen molar-refractivity contribution < 1.29 is 14.7 Å². The van der Waals surface area contributed by atoms with E-state index in [2.05, 4.69) is 11.9 Å². The van der Waals surface area contributed by atoms with Crippen molar-refractivity contribution in [1.82, 2.24) is 9.88 Å². The van der Waals surface area contributed by atoms with E-state index >= 15 is 0 Å². The fourth-order valence-corrected chi connectivity index (χ4v) is 4.91. The van der Waals surface area contributed by atoms with Gasteiger partial charge in [0.15, 0.2) is 0 Å². The first-order valence-corrected chi connectivity index (χ1v) is 9.23. The van der Waals surface area contributed by atoms with Crippen molar-refractivity contribution in [3.8, 4) is 0 Å². The summed E-state index contributed by atoms with van der Waals surface area (Å²) in [4.78, 5) is 31.9. The number of rotatable bonds is 4. The lowest BCUT2D eigenvalue weighted by molar-refractivity contribution is 0.0700. The maximum atomic E-state index is 12.7. The van der Waals surface area contributed by atoms with Gasteiger partial charge in [-0.25, -0.2) is 9.78 Å². The van der Waals surface area contributed by atoms with E-state index < -0.39 is 5.97 Å². The second-order valence-electron chi connectivity index (χ2n) is 5.57. The van der Waals surface area contributed by atoms with E-state index in [0.29, 0.717) is 4.88 Å². The Morgan fingerprint density at radius 2 is 2.09 bits per heavy atom. The van der Waals surface area contributed by atoms with E-state index in [0.717, 1.165) is 47.7 Å². The average Bonchev–Trinajstić information content (AvgIpc) is 3.19. The molecular weight excluding hydrogens is 332 g/mol. The summed E-state index contributed by atoms with van der Waals surface area (Å²) in [7, 11) is 1.80. The molecule has 3 rings (SSSR count). The molecule has 2 heterocycles. The Balaban J connectivity index is 1.85. The standard InChI is InChI=1S/C16H18N2O3S2/c1-3-13-17-9-5-4-6-10(14(9)23-13)18(2)15(19)11-7-8-12(22-11)16(20)21/h7-8,10H,3-6H2,1-2H3,(H,20,21). The number of carbonyl (C=O) groups excluding carboxylic acids is 1. The number of hydrogen-bond acceptors (Lipinski definition) is 5. The van der Waals surface area contributed by atoms with Gasteiger partial charge in [-0.1, -0.05) is 6.92 Å². The van der Waals surface area contributed by atoms with E-state index in [-0.39, 0.29) is 16.8 Å². The molecule has 0 spiro atoms. The molecule has 0 aromatic carbocycles. The number of aryl methyl sites for hydroxylation is 2. The van der Waals surface area contributed by atoms with Gasteiger partial charge in [-0.2, -0.15) is 0 Å². The lowest BCUT2D eigenvalue weighted by Gasteiger charge is -2.30. The lowest BCUT2D eigenvalue weighted by Crippen LogP contribution is -2.32. The van der Waals surface area contributed by atoms with Crippen LogP contribution in [0.2, 0.25) is 0 Å². The minimum absolute atomic E-state index is 0.0411. The van der Waals surface area contributed by atoms with E-state index in [4.69, 9.17) is 5.11 Å². The zero-order valence-corrected chi connectivity index (χ0v) is 14.7. The number of thiazole rings is 1. The Hall–Kier alpha value is -1.73. The number of aromatic nitrogens is 1. The van der Waals surface area contributed by atoms with Crippen molar-refractivity contribution in [2.45, 2.75) is 38.6 Å². The molecule has 0 aliphatic heterocycles. The molecule has 0 radical (unpaired) electrons. The fraction of sp³-hybridized carbons (Fsp3) is 0.438. The van der Waals surface area contributed by atoms with Gasteiger partial charge in [-0.05, 0) is 37.8 Å². The van der Waals surface area contributed by atoms with Crippen LogP contribution in [-0.2, 0) is 12.8 Å². The summed E-state index contributed by atoms with van der Waals surface area (Å²) in [5, 5.41) is 10.1. The highest BCUT2D eigenvalue weighted by Crippen LogP contribution is 2.38. The van der Waals surface area contributed by atoms with Crippen LogP contribution in [0.15, 0.2) is 12.1 Å². The van der Waals surface area contributed by atoms with Crippen molar-refractivity contribution in [3.63, 3.8) is 0 Å². The number of carboxylic acid groups (broad SMARTS) is 1. The molecule has 0 saturated heterocycles. The normalized spacial score (nSPS) is 16.9. The maximum Gasteiger partial charge on any atom is 0.345 e. The monoisotopic (exact) mass is 350 g/mol. The molecule has 122 valence electrons. The number of nitrogens with zero attached hydrogens (tertiary/aromatic N) is 2. The van der Waals surface area contributed by atoms with Crippen molar-refractivity contribution in [3.05, 3.63) is 37.5 Å². The number of amides is 1. The average molecular weight is 350 g/mol. The van der Waals surface area contributed by atoms with Gasteiger partial charge < -0.3 is 10.0 Å². The van der Waals surface area contributed by atoms with Crippen LogP contribution in [0.25, 0.3) is 0 Å². The summed E-state index contributed by atoms with van der Waals surface area (Å²) < 4.78 is 0. The van der Waals surface area contributed by atoms with Crippen LogP contribution >= 0.6 is 22.7 Å². The molecule has 1 aliphatic rings. The molecular formula is C16H18N2O3S2. The highest BCUT2D eigenvalue weighted by atomic mass is 32.1. The van der Waals surface area contributed by atoms with Crippen LogP contribution in [0.4, 0.5) is 0 Å². The third-order valence-corrected chi connectivity index (χ3v) is 6.49. The Kier molecular flexibility index (Phi) is 4.50. The minimum atomic E-state index is -0.994. The summed E-state index contributed by atoms with van der Waals surface area (Å²) in [6.45, 7) is 2.09. The topological polar surface area (TPSA) is 70.5 Å². The summed E-state index contributed by atoms with van der Waals surface area (Å²) in [6.07, 6.45) is 3.84. The van der Waals surface area contributed by atoms with Gasteiger partial charge in [-0.3, -0.25) is 4.79 Å². The second-order valence-corrected chi connectivity index (χ2v) is 7.76. The van der Waals surface area contributed by atoms with Gasteiger partial charge >= 0.3 is 5.97 Å². The van der Waals surface area contributed by atoms with Crippen LogP contribution in [0, 0.1) is 0 Å². The highest BCUT2D eigenvalue weighted by molar-refractivity contribution is 7.15. The highest BCUT2D eigenvalue weighted by Gasteiger charge is 2.31. The van der Waals surface area contributed by atoms with Gasteiger partial charge in [0.25, 0.3) is 5.91 Å². The third kappa shape index (κ3) is 3.03. The molecule has 23 heavy (non-hydrogen) atoms. The zero-order valence-electron chi connectivity index (χ0n) is 13.0. The smallest absolute Gasteiger partial charge is 0.345 e. The summed E-state index contributed by atoms with van der Waals surface area (Å²) in [6, 6.07) is 3.13. The number of carboxylic acids is 1. The van der Waals surface area contributed by atoms with E-state index in [1.807, 2.05) is 0 Å². The Labute approximate surface area is 142 Å². The largest absolute Gasteiger partial charge is 0.477 e. The van der Waals surface area contributed by atoms with Gasteiger partial charge in [0.2, 0.25) is 0 Å². The van der Waals surface area contributed by atoms with Crippen LogP contribution in [-0.4, -0.2) is 33.9 Å². The van der Waals surface area contributed by atoms with Crippen molar-refractivity contribution in [2.24, 2.45) is 0 Å². The number of fused-ring (bicyclic) bond motifs is 1. The number of aromatic carboxylic acids is 1. The summed E-state index contributed by atoms with van der Waals surface area (Å²) >= 11 is 2.73. The molecule has 5 nitrogen and oxygen atoms in total. The van der Waals surface area contributed by atoms with Gasteiger partial charge in [0.05, 0.1) is 26.5 Å². The Morgan fingerprint density at radius 3 is 2.74 bits per heavy atom. The molecule has 1 aliphatic carbocycles. The minimum Gasteiger partial charge on any atom is -0.477 e. The van der Waals surface area contributed by atoms with Crippen LogP contribution < -0.4 is 0 Å². The SMILES string of the molecule is CCc1nc2c(s1)C(N(C)C(=O)c1ccc(C(=O)O)s1)CCC2. The summed E-state index contributed by atoms with van der Waals surface area (Å²) in [5.41, 5.74) is 1.13. The van der Waals surface area contributed by atoms with Gasteiger partial charge in [0, 0.05) is 7.05 Å². The number of carbonyl (C=O) groups is 2. The maximum absolute atomic E-state index is 12.7. The molecule has 2 aromatic heterocycles. The van der Waals surface area contributed by atoms with Crippen LogP contribution in [0.1, 0.15) is 60.7 Å². The van der Waals surface area contributed by atoms with Crippen LogP contribution in [0.3, 0.4) is 0 Å². The zero-order chi connectivity index (χ0) is 16.6. The molecule has 0 bridgehead atoms. The van der Waals surface area contributed by atoms with Crippen molar-refractivity contribution in [1.29, 1.82) is 0 Å². The molecule has 1 unspecified atom stereocenters. The van der Waals surface area contributed by atoms with E-state index in [9.17, 15) is 9.59 Å². The second kappa shape index (κ2) is 6.41. The first kappa shape index (κ1) is 16.1. The molecule has 1 atom stereocenters. The Morgan fingerprint density at radius 1 is 1.35 bits per heavy atom. The van der Waals surface area contributed by atoms with Gasteiger partial charge in [-0.15, -0.1) is 22.7 Å². The third-order valence-electron chi connectivity index (χ3n) is 4.08. The quantitative estimate of drug-likeness (QED) is 0.914. The predicted octanol–water partition coefficient (Wildman–Crippen LogP) is 3.61. The number of hydrogen-bond donors (Lipinski definition) is 1. The lowest BCUT2D eigenvalue weighted by atomic mass is 9.97. The molecule has 2 aromatic rings.